The number of piperidine rings is 1. The SMILES string of the molecule is Cc1c(C(C)C)nsc1N1CCC(N(C)C)CC1. The van der Waals surface area contributed by atoms with Crippen molar-refractivity contribution in [3.63, 3.8) is 0 Å². The van der Waals surface area contributed by atoms with Gasteiger partial charge in [0, 0.05) is 24.7 Å². The Kier molecular flexibility index (Phi) is 4.28. The predicted molar refractivity (Wildman–Crippen MR) is 79.9 cm³/mol. The second-order valence-corrected chi connectivity index (χ2v) is 6.59. The van der Waals surface area contributed by atoms with Crippen molar-refractivity contribution in [1.82, 2.24) is 9.27 Å². The molecular weight excluding hydrogens is 242 g/mol. The molecule has 18 heavy (non-hydrogen) atoms. The van der Waals surface area contributed by atoms with Gasteiger partial charge in [-0.3, -0.25) is 0 Å². The number of nitrogens with zero attached hydrogens (tertiary/aromatic N) is 3. The Morgan fingerprint density at radius 2 is 1.89 bits per heavy atom. The smallest absolute Gasteiger partial charge is 0.115 e. The zero-order chi connectivity index (χ0) is 13.3. The van der Waals surface area contributed by atoms with Crippen LogP contribution in [0.3, 0.4) is 0 Å². The van der Waals surface area contributed by atoms with E-state index in [-0.39, 0.29) is 0 Å². The average Bonchev–Trinajstić information content (AvgIpc) is 2.71. The van der Waals surface area contributed by atoms with E-state index in [1.165, 1.54) is 42.2 Å². The van der Waals surface area contributed by atoms with E-state index in [1.54, 1.807) is 11.5 Å². The van der Waals surface area contributed by atoms with Gasteiger partial charge in [-0.25, -0.2) is 0 Å². The molecule has 1 aliphatic heterocycles. The molecule has 1 saturated heterocycles. The molecule has 0 amide bonds. The first-order chi connectivity index (χ1) is 8.50. The van der Waals surface area contributed by atoms with Crippen molar-refractivity contribution >= 4 is 16.5 Å². The van der Waals surface area contributed by atoms with Crippen molar-refractivity contribution < 1.29 is 0 Å². The predicted octanol–water partition coefficient (Wildman–Crippen LogP) is 3.11. The van der Waals surface area contributed by atoms with E-state index in [0.717, 1.165) is 6.04 Å². The van der Waals surface area contributed by atoms with Gasteiger partial charge in [0.2, 0.25) is 0 Å². The van der Waals surface area contributed by atoms with Crippen LogP contribution < -0.4 is 4.90 Å². The standard InChI is InChI=1S/C14H25N3S/c1-10(2)13-11(3)14(18-15-13)17-8-6-12(7-9-17)16(4)5/h10,12H,6-9H2,1-5H3. The Hall–Kier alpha value is -0.610. The average molecular weight is 267 g/mol. The first kappa shape index (κ1) is 13.8. The Balaban J connectivity index is 2.06. The minimum Gasteiger partial charge on any atom is -0.362 e. The number of aromatic nitrogens is 1. The number of anilines is 1. The molecule has 0 N–H and O–H groups in total. The maximum Gasteiger partial charge on any atom is 0.115 e. The largest absolute Gasteiger partial charge is 0.362 e. The summed E-state index contributed by atoms with van der Waals surface area (Å²) in [5, 5.41) is 1.40. The third-order valence-electron chi connectivity index (χ3n) is 3.96. The first-order valence-electron chi connectivity index (χ1n) is 6.88. The summed E-state index contributed by atoms with van der Waals surface area (Å²) in [5.74, 6) is 0.536. The zero-order valence-electron chi connectivity index (χ0n) is 12.2. The Morgan fingerprint density at radius 3 is 2.33 bits per heavy atom. The molecule has 0 radical (unpaired) electrons. The molecule has 0 unspecified atom stereocenters. The van der Waals surface area contributed by atoms with Crippen LogP contribution in [0.5, 0.6) is 0 Å². The number of hydrogen-bond acceptors (Lipinski definition) is 4. The second-order valence-electron chi connectivity index (χ2n) is 5.83. The summed E-state index contributed by atoms with van der Waals surface area (Å²) in [6.07, 6.45) is 2.53. The van der Waals surface area contributed by atoms with Crippen molar-refractivity contribution in [3.8, 4) is 0 Å². The molecule has 102 valence electrons. The fraction of sp³-hybridized carbons (Fsp3) is 0.786. The first-order valence-corrected chi connectivity index (χ1v) is 7.65. The van der Waals surface area contributed by atoms with Gasteiger partial charge in [0.05, 0.1) is 5.69 Å². The van der Waals surface area contributed by atoms with Gasteiger partial charge in [-0.15, -0.1) is 0 Å². The lowest BCUT2D eigenvalue weighted by Gasteiger charge is -2.35. The summed E-state index contributed by atoms with van der Waals surface area (Å²) in [4.78, 5) is 4.88. The summed E-state index contributed by atoms with van der Waals surface area (Å²) >= 11 is 1.68. The molecule has 0 bridgehead atoms. The monoisotopic (exact) mass is 267 g/mol. The van der Waals surface area contributed by atoms with Gasteiger partial charge in [0.25, 0.3) is 0 Å². The molecule has 2 rings (SSSR count). The summed E-state index contributed by atoms with van der Waals surface area (Å²) < 4.78 is 4.63. The molecule has 0 saturated carbocycles. The van der Waals surface area contributed by atoms with Gasteiger partial charge in [-0.1, -0.05) is 13.8 Å². The zero-order valence-corrected chi connectivity index (χ0v) is 13.0. The third kappa shape index (κ3) is 2.69. The normalized spacial score (nSPS) is 18.1. The molecule has 1 aromatic heterocycles. The lowest BCUT2D eigenvalue weighted by atomic mass is 10.0. The molecule has 1 aliphatic rings. The molecule has 0 atom stereocenters. The Morgan fingerprint density at radius 1 is 1.28 bits per heavy atom. The molecule has 2 heterocycles. The quantitative estimate of drug-likeness (QED) is 0.839. The van der Waals surface area contributed by atoms with Crippen LogP contribution in [0.25, 0.3) is 0 Å². The lowest BCUT2D eigenvalue weighted by molar-refractivity contribution is 0.250. The second kappa shape index (κ2) is 5.57. The van der Waals surface area contributed by atoms with E-state index in [9.17, 15) is 0 Å². The van der Waals surface area contributed by atoms with E-state index in [4.69, 9.17) is 0 Å². The third-order valence-corrected chi connectivity index (χ3v) is 4.99. The number of rotatable bonds is 3. The van der Waals surface area contributed by atoms with Crippen LogP contribution in [0.2, 0.25) is 0 Å². The molecule has 3 nitrogen and oxygen atoms in total. The number of hydrogen-bond donors (Lipinski definition) is 0. The van der Waals surface area contributed by atoms with Gasteiger partial charge < -0.3 is 9.80 Å². The van der Waals surface area contributed by atoms with Crippen LogP contribution in [-0.2, 0) is 0 Å². The van der Waals surface area contributed by atoms with Crippen LogP contribution >= 0.6 is 11.5 Å². The van der Waals surface area contributed by atoms with Crippen molar-refractivity contribution in [2.45, 2.75) is 45.6 Å². The fourth-order valence-electron chi connectivity index (χ4n) is 2.76. The molecular formula is C14H25N3S. The molecule has 4 heteroatoms. The van der Waals surface area contributed by atoms with E-state index in [1.807, 2.05) is 0 Å². The highest BCUT2D eigenvalue weighted by molar-refractivity contribution is 7.10. The van der Waals surface area contributed by atoms with Crippen molar-refractivity contribution in [2.24, 2.45) is 0 Å². The Labute approximate surface area is 115 Å². The summed E-state index contributed by atoms with van der Waals surface area (Å²) in [5.41, 5.74) is 2.68. The maximum atomic E-state index is 4.63. The molecule has 0 spiro atoms. The summed E-state index contributed by atoms with van der Waals surface area (Å²) in [7, 11) is 4.38. The lowest BCUT2D eigenvalue weighted by Crippen LogP contribution is -2.41. The molecule has 1 fully saturated rings. The topological polar surface area (TPSA) is 19.4 Å². The van der Waals surface area contributed by atoms with Crippen molar-refractivity contribution in [2.75, 3.05) is 32.1 Å². The van der Waals surface area contributed by atoms with Gasteiger partial charge in [0.1, 0.15) is 5.00 Å². The van der Waals surface area contributed by atoms with Crippen LogP contribution in [0.4, 0.5) is 5.00 Å². The highest BCUT2D eigenvalue weighted by atomic mass is 32.1. The van der Waals surface area contributed by atoms with Gasteiger partial charge in [-0.05, 0) is 51.3 Å². The van der Waals surface area contributed by atoms with Crippen LogP contribution in [-0.4, -0.2) is 42.5 Å². The molecule has 0 aliphatic carbocycles. The van der Waals surface area contributed by atoms with Crippen LogP contribution in [0.1, 0.15) is 43.9 Å². The highest BCUT2D eigenvalue weighted by Gasteiger charge is 2.24. The van der Waals surface area contributed by atoms with Crippen molar-refractivity contribution in [3.05, 3.63) is 11.3 Å². The van der Waals surface area contributed by atoms with Crippen LogP contribution in [0.15, 0.2) is 0 Å². The van der Waals surface area contributed by atoms with Crippen LogP contribution in [0, 0.1) is 6.92 Å². The maximum absolute atomic E-state index is 4.63. The van der Waals surface area contributed by atoms with Gasteiger partial charge in [-0.2, -0.15) is 4.37 Å². The highest BCUT2D eigenvalue weighted by Crippen LogP contribution is 2.33. The minimum atomic E-state index is 0.536. The fourth-order valence-corrected chi connectivity index (χ4v) is 3.83. The van der Waals surface area contributed by atoms with E-state index in [2.05, 4.69) is 49.0 Å². The van der Waals surface area contributed by atoms with E-state index in [0.29, 0.717) is 5.92 Å². The van der Waals surface area contributed by atoms with Crippen molar-refractivity contribution in [1.29, 1.82) is 0 Å². The molecule has 0 aromatic carbocycles. The summed E-state index contributed by atoms with van der Waals surface area (Å²) in [6.45, 7) is 9.02. The van der Waals surface area contributed by atoms with Gasteiger partial charge in [0.15, 0.2) is 0 Å². The minimum absolute atomic E-state index is 0.536. The Bertz CT molecular complexity index is 390. The van der Waals surface area contributed by atoms with E-state index >= 15 is 0 Å². The van der Waals surface area contributed by atoms with E-state index < -0.39 is 0 Å². The molecule has 1 aromatic rings. The van der Waals surface area contributed by atoms with Gasteiger partial charge >= 0.3 is 0 Å². The summed E-state index contributed by atoms with van der Waals surface area (Å²) in [6, 6.07) is 0.749.